The Kier molecular flexibility index (Phi) is 2.44. The summed E-state index contributed by atoms with van der Waals surface area (Å²) in [7, 11) is 0. The normalized spacial score (nSPS) is 10.3. The molecule has 0 saturated carbocycles. The molecule has 0 atom stereocenters. The van der Waals surface area contributed by atoms with Crippen LogP contribution >= 0.6 is 34.7 Å². The van der Waals surface area contributed by atoms with Crippen LogP contribution in [0.2, 0.25) is 9.62 Å². The Bertz CT molecular complexity index is 429. The van der Waals surface area contributed by atoms with Gasteiger partial charge < -0.3 is 0 Å². The minimum Gasteiger partial charge on any atom is -0.245 e. The maximum Gasteiger partial charge on any atom is 0.203 e. The molecule has 0 radical (unpaired) electrons. The molecule has 0 aliphatic heterocycles. The molecule has 0 bridgehead atoms. The standard InChI is InChI=1S/C7H3Cl2N3S/c8-5-3-4(1-2-10-5)6-11-7(9)13-12-6/h1-3H. The predicted molar refractivity (Wildman–Crippen MR) is 53.2 cm³/mol. The number of nitrogens with zero attached hydrogens (tertiary/aromatic N) is 3. The van der Waals surface area contributed by atoms with E-state index in [2.05, 4.69) is 14.3 Å². The van der Waals surface area contributed by atoms with Crippen LogP contribution < -0.4 is 0 Å². The van der Waals surface area contributed by atoms with Gasteiger partial charge >= 0.3 is 0 Å². The summed E-state index contributed by atoms with van der Waals surface area (Å²) < 4.78 is 4.46. The van der Waals surface area contributed by atoms with Gasteiger partial charge in [-0.2, -0.15) is 4.37 Å². The van der Waals surface area contributed by atoms with Crippen LogP contribution in [0.5, 0.6) is 0 Å². The minimum absolute atomic E-state index is 0.419. The molecule has 2 rings (SSSR count). The highest BCUT2D eigenvalue weighted by Gasteiger charge is 2.04. The monoisotopic (exact) mass is 231 g/mol. The average Bonchev–Trinajstić information content (AvgIpc) is 2.52. The van der Waals surface area contributed by atoms with Crippen molar-refractivity contribution >= 4 is 34.7 Å². The molecule has 13 heavy (non-hydrogen) atoms. The highest BCUT2D eigenvalue weighted by Crippen LogP contribution is 2.21. The molecule has 2 heterocycles. The van der Waals surface area contributed by atoms with Crippen molar-refractivity contribution in [2.45, 2.75) is 0 Å². The zero-order valence-electron chi connectivity index (χ0n) is 6.24. The molecule has 0 N–H and O–H groups in total. The smallest absolute Gasteiger partial charge is 0.203 e. The van der Waals surface area contributed by atoms with Gasteiger partial charge in [0.1, 0.15) is 5.15 Å². The number of hydrogen-bond donors (Lipinski definition) is 0. The van der Waals surface area contributed by atoms with E-state index in [1.165, 1.54) is 0 Å². The lowest BCUT2D eigenvalue weighted by atomic mass is 10.3. The number of hydrogen-bond acceptors (Lipinski definition) is 4. The molecule has 66 valence electrons. The van der Waals surface area contributed by atoms with Crippen molar-refractivity contribution in [1.29, 1.82) is 0 Å². The van der Waals surface area contributed by atoms with Crippen molar-refractivity contribution in [3.05, 3.63) is 27.9 Å². The van der Waals surface area contributed by atoms with E-state index in [0.717, 1.165) is 17.1 Å². The zero-order chi connectivity index (χ0) is 9.26. The second-order valence-corrected chi connectivity index (χ2v) is 3.96. The number of halogens is 2. The van der Waals surface area contributed by atoms with Crippen LogP contribution in [-0.4, -0.2) is 14.3 Å². The molecule has 0 spiro atoms. The van der Waals surface area contributed by atoms with Crippen LogP contribution in [0.15, 0.2) is 18.3 Å². The van der Waals surface area contributed by atoms with Crippen molar-refractivity contribution in [2.75, 3.05) is 0 Å². The van der Waals surface area contributed by atoms with Gasteiger partial charge in [-0.3, -0.25) is 0 Å². The molecular weight excluding hydrogens is 229 g/mol. The molecule has 2 aromatic rings. The highest BCUT2D eigenvalue weighted by molar-refractivity contribution is 7.10. The lowest BCUT2D eigenvalue weighted by Gasteiger charge is -1.93. The van der Waals surface area contributed by atoms with Gasteiger partial charge in [0.05, 0.1) is 0 Å². The van der Waals surface area contributed by atoms with Crippen LogP contribution in [0.25, 0.3) is 11.4 Å². The number of pyridine rings is 1. The Labute approximate surface area is 88.5 Å². The Morgan fingerprint density at radius 2 is 2.15 bits per heavy atom. The zero-order valence-corrected chi connectivity index (χ0v) is 8.57. The fourth-order valence-electron chi connectivity index (χ4n) is 0.864. The molecule has 0 saturated heterocycles. The molecule has 6 heteroatoms. The van der Waals surface area contributed by atoms with E-state index in [4.69, 9.17) is 23.2 Å². The minimum atomic E-state index is 0.419. The van der Waals surface area contributed by atoms with Gasteiger partial charge in [-0.15, -0.1) is 0 Å². The van der Waals surface area contributed by atoms with Crippen LogP contribution in [0.3, 0.4) is 0 Å². The van der Waals surface area contributed by atoms with Gasteiger partial charge in [-0.25, -0.2) is 9.97 Å². The quantitative estimate of drug-likeness (QED) is 0.709. The summed E-state index contributed by atoms with van der Waals surface area (Å²) in [6.45, 7) is 0. The SMILES string of the molecule is Clc1cc(-c2nsc(Cl)n2)ccn1. The molecule has 0 aliphatic rings. The third kappa shape index (κ3) is 1.96. The van der Waals surface area contributed by atoms with E-state index in [9.17, 15) is 0 Å². The third-order valence-corrected chi connectivity index (χ3v) is 2.39. The van der Waals surface area contributed by atoms with E-state index in [-0.39, 0.29) is 0 Å². The molecule has 2 aromatic heterocycles. The van der Waals surface area contributed by atoms with E-state index in [1.807, 2.05) is 0 Å². The molecule has 0 aromatic carbocycles. The molecule has 0 fully saturated rings. The average molecular weight is 232 g/mol. The molecule has 0 amide bonds. The Balaban J connectivity index is 2.46. The summed E-state index contributed by atoms with van der Waals surface area (Å²) in [5, 5.41) is 0.420. The van der Waals surface area contributed by atoms with Crippen molar-refractivity contribution < 1.29 is 0 Å². The third-order valence-electron chi connectivity index (χ3n) is 1.39. The fourth-order valence-corrected chi connectivity index (χ4v) is 1.66. The van der Waals surface area contributed by atoms with E-state index in [0.29, 0.717) is 15.4 Å². The second-order valence-electron chi connectivity index (χ2n) is 2.24. The first kappa shape index (κ1) is 8.87. The summed E-state index contributed by atoms with van der Waals surface area (Å²) >= 11 is 12.5. The van der Waals surface area contributed by atoms with Gasteiger partial charge in [0.25, 0.3) is 0 Å². The van der Waals surface area contributed by atoms with Crippen LogP contribution in [0, 0.1) is 0 Å². The first-order valence-electron chi connectivity index (χ1n) is 3.37. The first-order chi connectivity index (χ1) is 6.25. The molecule has 0 aliphatic carbocycles. The summed E-state index contributed by atoms with van der Waals surface area (Å²) in [6, 6.07) is 3.48. The van der Waals surface area contributed by atoms with E-state index >= 15 is 0 Å². The Morgan fingerprint density at radius 1 is 1.31 bits per heavy atom. The Morgan fingerprint density at radius 3 is 2.77 bits per heavy atom. The summed E-state index contributed by atoms with van der Waals surface area (Å²) in [5.74, 6) is 0.583. The topological polar surface area (TPSA) is 38.7 Å². The van der Waals surface area contributed by atoms with Gasteiger partial charge in [0, 0.05) is 11.8 Å². The van der Waals surface area contributed by atoms with Gasteiger partial charge in [0.2, 0.25) is 4.47 Å². The van der Waals surface area contributed by atoms with Gasteiger partial charge in [-0.05, 0) is 35.3 Å². The van der Waals surface area contributed by atoms with Crippen LogP contribution in [0.4, 0.5) is 0 Å². The van der Waals surface area contributed by atoms with Crippen LogP contribution in [0.1, 0.15) is 0 Å². The lowest BCUT2D eigenvalue weighted by Crippen LogP contribution is -1.81. The largest absolute Gasteiger partial charge is 0.245 e. The van der Waals surface area contributed by atoms with Crippen LogP contribution in [-0.2, 0) is 0 Å². The first-order valence-corrected chi connectivity index (χ1v) is 4.90. The van der Waals surface area contributed by atoms with Crippen molar-refractivity contribution in [3.63, 3.8) is 0 Å². The molecule has 3 nitrogen and oxygen atoms in total. The maximum atomic E-state index is 5.71. The van der Waals surface area contributed by atoms with Gasteiger partial charge in [-0.1, -0.05) is 11.6 Å². The van der Waals surface area contributed by atoms with E-state index < -0.39 is 0 Å². The van der Waals surface area contributed by atoms with Crippen molar-refractivity contribution in [3.8, 4) is 11.4 Å². The summed E-state index contributed by atoms with van der Waals surface area (Å²) in [5.41, 5.74) is 0.822. The second kappa shape index (κ2) is 3.57. The molecule has 0 unspecified atom stereocenters. The van der Waals surface area contributed by atoms with Crippen molar-refractivity contribution in [2.24, 2.45) is 0 Å². The number of aromatic nitrogens is 3. The lowest BCUT2D eigenvalue weighted by molar-refractivity contribution is 1.28. The van der Waals surface area contributed by atoms with Crippen molar-refractivity contribution in [1.82, 2.24) is 14.3 Å². The molecular formula is C7H3Cl2N3S. The van der Waals surface area contributed by atoms with Gasteiger partial charge in [0.15, 0.2) is 5.82 Å². The highest BCUT2D eigenvalue weighted by atomic mass is 35.5. The summed E-state index contributed by atoms with van der Waals surface area (Å²) in [4.78, 5) is 7.86. The number of rotatable bonds is 1. The predicted octanol–water partition coefficient (Wildman–Crippen LogP) is 2.91. The Hall–Kier alpha value is -0.710. The maximum absolute atomic E-state index is 5.71. The summed E-state index contributed by atoms with van der Waals surface area (Å²) in [6.07, 6.45) is 1.60. The van der Waals surface area contributed by atoms with E-state index in [1.54, 1.807) is 18.3 Å². The fraction of sp³-hybridized carbons (Fsp3) is 0.